The number of aromatic amines is 1. The van der Waals surface area contributed by atoms with Gasteiger partial charge in [0.15, 0.2) is 0 Å². The molecule has 0 radical (unpaired) electrons. The third kappa shape index (κ3) is 4.00. The molecule has 0 aliphatic rings. The molecule has 0 spiro atoms. The third-order valence-electron chi connectivity index (χ3n) is 3.57. The molecule has 0 aliphatic heterocycles. The quantitative estimate of drug-likeness (QED) is 0.686. The van der Waals surface area contributed by atoms with Crippen molar-refractivity contribution in [3.63, 3.8) is 0 Å². The third-order valence-corrected chi connectivity index (χ3v) is 3.57. The lowest BCUT2D eigenvalue weighted by atomic mass is 10.1. The summed E-state index contributed by atoms with van der Waals surface area (Å²) in [5.41, 5.74) is 5.71. The topological polar surface area (TPSA) is 110 Å². The van der Waals surface area contributed by atoms with Crippen molar-refractivity contribution in [2.24, 2.45) is 11.7 Å². The molecule has 126 valence electrons. The number of hydrogen-bond donors (Lipinski definition) is 3. The molecule has 1 atom stereocenters. The summed E-state index contributed by atoms with van der Waals surface area (Å²) in [6.45, 7) is 5.10. The smallest absolute Gasteiger partial charge is 0.316 e. The van der Waals surface area contributed by atoms with Crippen molar-refractivity contribution in [1.82, 2.24) is 14.9 Å². The van der Waals surface area contributed by atoms with Gasteiger partial charge >= 0.3 is 11.1 Å². The van der Waals surface area contributed by atoms with Crippen LogP contribution in [0.25, 0.3) is 11.0 Å². The van der Waals surface area contributed by atoms with Crippen molar-refractivity contribution in [3.05, 3.63) is 44.5 Å². The predicted molar refractivity (Wildman–Crippen MR) is 92.3 cm³/mol. The largest absolute Gasteiger partial charge is 0.352 e. The highest BCUT2D eigenvalue weighted by Gasteiger charge is 2.11. The van der Waals surface area contributed by atoms with Crippen molar-refractivity contribution in [1.29, 1.82) is 0 Å². The van der Waals surface area contributed by atoms with Crippen LogP contribution in [0.3, 0.4) is 0 Å². The first kappa shape index (κ1) is 18.9. The summed E-state index contributed by atoms with van der Waals surface area (Å²) in [5.74, 6) is -0.0493. The summed E-state index contributed by atoms with van der Waals surface area (Å²) < 4.78 is 1.38. The minimum absolute atomic E-state index is 0. The lowest BCUT2D eigenvalue weighted by Crippen LogP contribution is -2.36. The zero-order valence-electron chi connectivity index (χ0n) is 13.1. The van der Waals surface area contributed by atoms with E-state index in [1.807, 2.05) is 6.92 Å². The van der Waals surface area contributed by atoms with Gasteiger partial charge < -0.3 is 20.6 Å². The number of amides is 1. The molecule has 7 nitrogen and oxygen atoms in total. The molecule has 4 N–H and O–H groups in total. The van der Waals surface area contributed by atoms with Gasteiger partial charge in [0.05, 0.1) is 11.0 Å². The van der Waals surface area contributed by atoms with Crippen LogP contribution >= 0.6 is 12.4 Å². The summed E-state index contributed by atoms with van der Waals surface area (Å²) in [4.78, 5) is 38.0. The Bertz CT molecular complexity index is 812. The number of nitrogens with zero attached hydrogens (tertiary/aromatic N) is 1. The van der Waals surface area contributed by atoms with E-state index >= 15 is 0 Å². The summed E-state index contributed by atoms with van der Waals surface area (Å²) in [5, 5.41) is 2.79. The van der Waals surface area contributed by atoms with Gasteiger partial charge in [-0.3, -0.25) is 14.4 Å². The number of fused-ring (bicyclic) bond motifs is 1. The van der Waals surface area contributed by atoms with Crippen molar-refractivity contribution in [2.75, 3.05) is 13.1 Å². The van der Waals surface area contributed by atoms with Gasteiger partial charge in [0.25, 0.3) is 5.91 Å². The monoisotopic (exact) mass is 340 g/mol. The van der Waals surface area contributed by atoms with E-state index in [-0.39, 0.29) is 24.2 Å². The maximum Gasteiger partial charge on any atom is 0.316 e. The van der Waals surface area contributed by atoms with Gasteiger partial charge in [-0.15, -0.1) is 12.4 Å². The zero-order valence-corrected chi connectivity index (χ0v) is 13.9. The summed E-state index contributed by atoms with van der Waals surface area (Å²) in [7, 11) is 0. The minimum Gasteiger partial charge on any atom is -0.352 e. The Morgan fingerprint density at radius 3 is 2.70 bits per heavy atom. The molecule has 0 saturated carbocycles. The van der Waals surface area contributed by atoms with Crippen LogP contribution in [-0.4, -0.2) is 28.5 Å². The van der Waals surface area contributed by atoms with Gasteiger partial charge in [0.2, 0.25) is 0 Å². The molecular weight excluding hydrogens is 320 g/mol. The molecule has 1 aromatic heterocycles. The van der Waals surface area contributed by atoms with Gasteiger partial charge in [0.1, 0.15) is 0 Å². The molecule has 0 saturated heterocycles. The van der Waals surface area contributed by atoms with E-state index in [9.17, 15) is 14.4 Å². The van der Waals surface area contributed by atoms with Crippen LogP contribution in [0.2, 0.25) is 0 Å². The number of halogens is 1. The van der Waals surface area contributed by atoms with Gasteiger partial charge in [0, 0.05) is 18.7 Å². The molecule has 0 bridgehead atoms. The lowest BCUT2D eigenvalue weighted by Gasteiger charge is -2.11. The fourth-order valence-corrected chi connectivity index (χ4v) is 2.19. The second-order valence-electron chi connectivity index (χ2n) is 5.29. The first-order valence-electron chi connectivity index (χ1n) is 7.23. The normalized spacial score (nSPS) is 11.8. The second kappa shape index (κ2) is 7.94. The predicted octanol–water partition coefficient (Wildman–Crippen LogP) is 0.456. The molecule has 1 amide bonds. The van der Waals surface area contributed by atoms with Crippen LogP contribution in [0.1, 0.15) is 24.2 Å². The van der Waals surface area contributed by atoms with Crippen LogP contribution in [0.15, 0.2) is 27.8 Å². The van der Waals surface area contributed by atoms with Gasteiger partial charge in [-0.25, -0.2) is 0 Å². The van der Waals surface area contributed by atoms with Gasteiger partial charge in [-0.1, -0.05) is 6.92 Å². The van der Waals surface area contributed by atoms with E-state index in [0.717, 1.165) is 0 Å². The Morgan fingerprint density at radius 1 is 1.39 bits per heavy atom. The Morgan fingerprint density at radius 2 is 2.09 bits per heavy atom. The maximum atomic E-state index is 12.1. The molecule has 1 aromatic carbocycles. The summed E-state index contributed by atoms with van der Waals surface area (Å²) >= 11 is 0. The Kier molecular flexibility index (Phi) is 6.53. The molecular formula is C15H21ClN4O3. The molecule has 0 aliphatic carbocycles. The fraction of sp³-hybridized carbons (Fsp3) is 0.400. The summed E-state index contributed by atoms with van der Waals surface area (Å²) in [6.07, 6.45) is 0. The first-order chi connectivity index (χ1) is 10.5. The number of carbonyl (C=O) groups is 1. The van der Waals surface area contributed by atoms with Crippen LogP contribution in [0.4, 0.5) is 0 Å². The van der Waals surface area contributed by atoms with Crippen molar-refractivity contribution < 1.29 is 4.79 Å². The average Bonchev–Trinajstić information content (AvgIpc) is 2.53. The number of aromatic nitrogens is 2. The lowest BCUT2D eigenvalue weighted by molar-refractivity contribution is 0.0948. The van der Waals surface area contributed by atoms with E-state index in [1.165, 1.54) is 4.57 Å². The fourth-order valence-electron chi connectivity index (χ4n) is 2.19. The molecule has 1 heterocycles. The van der Waals surface area contributed by atoms with E-state index < -0.39 is 11.1 Å². The maximum absolute atomic E-state index is 12.1. The SMILES string of the molecule is CCn1c(=O)c(=O)[nH]c2cc(C(=O)NCC(C)CN)ccc21.Cl. The number of H-pyrrole nitrogens is 1. The number of hydrogen-bond acceptors (Lipinski definition) is 4. The van der Waals surface area contributed by atoms with Crippen LogP contribution in [0.5, 0.6) is 0 Å². The Hall–Kier alpha value is -2.12. The number of benzene rings is 1. The highest BCUT2D eigenvalue weighted by molar-refractivity contribution is 5.97. The van der Waals surface area contributed by atoms with Crippen molar-refractivity contribution >= 4 is 29.3 Å². The van der Waals surface area contributed by atoms with Crippen LogP contribution in [-0.2, 0) is 6.54 Å². The van der Waals surface area contributed by atoms with Gasteiger partial charge in [-0.2, -0.15) is 0 Å². The Balaban J connectivity index is 0.00000264. The first-order valence-corrected chi connectivity index (χ1v) is 7.23. The van der Waals surface area contributed by atoms with Crippen molar-refractivity contribution in [2.45, 2.75) is 20.4 Å². The molecule has 2 aromatic rings. The van der Waals surface area contributed by atoms with Crippen molar-refractivity contribution in [3.8, 4) is 0 Å². The van der Waals surface area contributed by atoms with Crippen LogP contribution in [0, 0.1) is 5.92 Å². The van der Waals surface area contributed by atoms with Gasteiger partial charge in [-0.05, 0) is 37.6 Å². The molecule has 8 heteroatoms. The molecule has 2 rings (SSSR count). The minimum atomic E-state index is -0.691. The highest BCUT2D eigenvalue weighted by Crippen LogP contribution is 2.11. The number of nitrogens with one attached hydrogen (secondary N) is 2. The van der Waals surface area contributed by atoms with E-state index in [4.69, 9.17) is 5.73 Å². The van der Waals surface area contributed by atoms with E-state index in [2.05, 4.69) is 10.3 Å². The average molecular weight is 341 g/mol. The second-order valence-corrected chi connectivity index (χ2v) is 5.29. The van der Waals surface area contributed by atoms with E-state index in [0.29, 0.717) is 36.2 Å². The number of aryl methyl sites for hydroxylation is 1. The van der Waals surface area contributed by atoms with Crippen LogP contribution < -0.4 is 22.2 Å². The highest BCUT2D eigenvalue weighted by atomic mass is 35.5. The molecule has 0 fully saturated rings. The number of rotatable bonds is 5. The number of nitrogens with two attached hydrogens (primary N) is 1. The molecule has 1 unspecified atom stereocenters. The summed E-state index contributed by atoms with van der Waals surface area (Å²) in [6, 6.07) is 4.87. The number of carbonyl (C=O) groups excluding carboxylic acids is 1. The zero-order chi connectivity index (χ0) is 16.3. The Labute approximate surface area is 139 Å². The standard InChI is InChI=1S/C15H20N4O3.ClH/c1-3-19-12-5-4-10(13(20)17-8-9(2)7-16)6-11(12)18-14(21)15(19)22;/h4-6,9H,3,7-8,16H2,1-2H3,(H,17,20)(H,18,21);1H. The van der Waals surface area contributed by atoms with E-state index in [1.54, 1.807) is 25.1 Å². The molecule has 23 heavy (non-hydrogen) atoms.